The van der Waals surface area contributed by atoms with Gasteiger partial charge in [0.1, 0.15) is 0 Å². The number of carbonyl (C=O) groups is 1. The van der Waals surface area contributed by atoms with Gasteiger partial charge in [0.15, 0.2) is 11.9 Å². The Morgan fingerprint density at radius 3 is 2.33 bits per heavy atom. The molecule has 0 amide bonds. The van der Waals surface area contributed by atoms with Crippen molar-refractivity contribution in [3.8, 4) is 0 Å². The van der Waals surface area contributed by atoms with Crippen molar-refractivity contribution in [2.24, 2.45) is 0 Å². The SMILES string of the molecule is CC(=O)C(C)O[N+](=O)[O-]. The van der Waals surface area contributed by atoms with E-state index in [-0.39, 0.29) is 5.78 Å². The molecule has 9 heavy (non-hydrogen) atoms. The molecule has 0 aliphatic heterocycles. The Morgan fingerprint density at radius 2 is 2.22 bits per heavy atom. The zero-order valence-corrected chi connectivity index (χ0v) is 5.16. The second-order valence-corrected chi connectivity index (χ2v) is 1.58. The van der Waals surface area contributed by atoms with Crippen LogP contribution in [0.2, 0.25) is 0 Å². The molecule has 0 aromatic rings. The lowest BCUT2D eigenvalue weighted by atomic mass is 10.3. The van der Waals surface area contributed by atoms with Gasteiger partial charge in [0.25, 0.3) is 5.09 Å². The maximum Gasteiger partial charge on any atom is 0.295 e. The monoisotopic (exact) mass is 133 g/mol. The average Bonchev–Trinajstić information content (AvgIpc) is 1.63. The Balaban J connectivity index is 3.63. The van der Waals surface area contributed by atoms with E-state index in [1.54, 1.807) is 0 Å². The van der Waals surface area contributed by atoms with Gasteiger partial charge in [-0.2, -0.15) is 0 Å². The largest absolute Gasteiger partial charge is 0.303 e. The molecule has 0 heterocycles. The molecule has 1 unspecified atom stereocenters. The molecule has 0 aliphatic rings. The van der Waals surface area contributed by atoms with Crippen LogP contribution in [0.25, 0.3) is 0 Å². The number of Topliss-reactive ketones (excluding diaryl/α,β-unsaturated/α-hetero) is 1. The Morgan fingerprint density at radius 1 is 1.78 bits per heavy atom. The maximum atomic E-state index is 10.2. The Hall–Kier alpha value is -1.13. The molecule has 0 saturated carbocycles. The lowest BCUT2D eigenvalue weighted by molar-refractivity contribution is -0.763. The van der Waals surface area contributed by atoms with Crippen molar-refractivity contribution in [2.75, 3.05) is 0 Å². The van der Waals surface area contributed by atoms with Gasteiger partial charge in [0.2, 0.25) is 0 Å². The van der Waals surface area contributed by atoms with Gasteiger partial charge < -0.3 is 4.84 Å². The van der Waals surface area contributed by atoms with Crippen molar-refractivity contribution in [1.82, 2.24) is 0 Å². The zero-order valence-electron chi connectivity index (χ0n) is 5.16. The van der Waals surface area contributed by atoms with E-state index in [9.17, 15) is 14.9 Å². The van der Waals surface area contributed by atoms with Crippen LogP contribution < -0.4 is 0 Å². The molecule has 5 nitrogen and oxygen atoms in total. The summed E-state index contributed by atoms with van der Waals surface area (Å²) < 4.78 is 0. The summed E-state index contributed by atoms with van der Waals surface area (Å²) in [5.74, 6) is -0.355. The molecule has 0 saturated heterocycles. The van der Waals surface area contributed by atoms with E-state index in [0.717, 1.165) is 0 Å². The molecule has 0 fully saturated rings. The topological polar surface area (TPSA) is 69.4 Å². The van der Waals surface area contributed by atoms with E-state index in [1.165, 1.54) is 13.8 Å². The molecule has 0 radical (unpaired) electrons. The highest BCUT2D eigenvalue weighted by molar-refractivity contribution is 5.79. The predicted octanol–water partition coefficient (Wildman–Crippen LogP) is 0.172. The third-order valence-corrected chi connectivity index (χ3v) is 0.817. The molecule has 0 aromatic carbocycles. The highest BCUT2D eigenvalue weighted by atomic mass is 17.0. The van der Waals surface area contributed by atoms with Crippen LogP contribution in [0.4, 0.5) is 0 Å². The summed E-state index contributed by atoms with van der Waals surface area (Å²) in [5.41, 5.74) is 0. The minimum Gasteiger partial charge on any atom is -0.303 e. The normalized spacial score (nSPS) is 12.2. The van der Waals surface area contributed by atoms with Crippen molar-refractivity contribution in [1.29, 1.82) is 0 Å². The first-order valence-corrected chi connectivity index (χ1v) is 2.35. The fraction of sp³-hybridized carbons (Fsp3) is 0.750. The molecule has 0 spiro atoms. The first kappa shape index (κ1) is 7.87. The first-order chi connectivity index (χ1) is 4.04. The summed E-state index contributed by atoms with van der Waals surface area (Å²) >= 11 is 0. The summed E-state index contributed by atoms with van der Waals surface area (Å²) in [6.45, 7) is 2.55. The third kappa shape index (κ3) is 3.45. The zero-order chi connectivity index (χ0) is 7.44. The molecule has 1 atom stereocenters. The van der Waals surface area contributed by atoms with Crippen molar-refractivity contribution in [2.45, 2.75) is 20.0 Å². The van der Waals surface area contributed by atoms with Crippen molar-refractivity contribution in [3.05, 3.63) is 10.1 Å². The minimum atomic E-state index is -0.980. The Labute approximate surface area is 51.7 Å². The number of hydrogen-bond donors (Lipinski definition) is 0. The van der Waals surface area contributed by atoms with Gasteiger partial charge in [-0.1, -0.05) is 0 Å². The summed E-state index contributed by atoms with van der Waals surface area (Å²) in [4.78, 5) is 23.7. The number of rotatable bonds is 3. The van der Waals surface area contributed by atoms with Crippen molar-refractivity contribution >= 4 is 5.78 Å². The van der Waals surface area contributed by atoms with Gasteiger partial charge in [-0.25, -0.2) is 0 Å². The van der Waals surface area contributed by atoms with Crippen LogP contribution in [0.1, 0.15) is 13.8 Å². The fourth-order valence-corrected chi connectivity index (χ4v) is 0.203. The highest BCUT2D eigenvalue weighted by Gasteiger charge is 2.10. The van der Waals surface area contributed by atoms with Crippen LogP contribution in [0, 0.1) is 10.1 Å². The molecule has 0 aromatic heterocycles. The molecule has 0 rings (SSSR count). The van der Waals surface area contributed by atoms with E-state index in [0.29, 0.717) is 0 Å². The molecule has 0 aliphatic carbocycles. The van der Waals surface area contributed by atoms with E-state index < -0.39 is 11.2 Å². The van der Waals surface area contributed by atoms with E-state index in [4.69, 9.17) is 0 Å². The minimum absolute atomic E-state index is 0.355. The molecular weight excluding hydrogens is 126 g/mol. The van der Waals surface area contributed by atoms with Gasteiger partial charge in [0.05, 0.1) is 0 Å². The Bertz CT molecular complexity index is 133. The highest BCUT2D eigenvalue weighted by Crippen LogP contribution is 1.90. The summed E-state index contributed by atoms with van der Waals surface area (Å²) in [7, 11) is 0. The predicted molar refractivity (Wildman–Crippen MR) is 28.2 cm³/mol. The van der Waals surface area contributed by atoms with Crippen LogP contribution in [0.3, 0.4) is 0 Å². The smallest absolute Gasteiger partial charge is 0.295 e. The summed E-state index contributed by atoms with van der Waals surface area (Å²) in [6, 6.07) is 0. The summed E-state index contributed by atoms with van der Waals surface area (Å²) in [5, 5.41) is 8.57. The number of carbonyl (C=O) groups excluding carboxylic acids is 1. The second kappa shape index (κ2) is 3.01. The summed E-state index contributed by atoms with van der Waals surface area (Å²) in [6.07, 6.45) is -0.944. The fourth-order valence-electron chi connectivity index (χ4n) is 0.203. The molecule has 52 valence electrons. The maximum absolute atomic E-state index is 10.2. The van der Waals surface area contributed by atoms with Crippen LogP contribution in [0.5, 0.6) is 0 Å². The van der Waals surface area contributed by atoms with Crippen LogP contribution >= 0.6 is 0 Å². The van der Waals surface area contributed by atoms with Gasteiger partial charge in [0, 0.05) is 0 Å². The molecule has 0 N–H and O–H groups in total. The first-order valence-electron chi connectivity index (χ1n) is 2.35. The van der Waals surface area contributed by atoms with E-state index in [1.807, 2.05) is 0 Å². The van der Waals surface area contributed by atoms with Gasteiger partial charge in [-0.15, -0.1) is 10.1 Å². The third-order valence-electron chi connectivity index (χ3n) is 0.817. The van der Waals surface area contributed by atoms with Crippen molar-refractivity contribution < 1.29 is 14.7 Å². The van der Waals surface area contributed by atoms with Crippen molar-refractivity contribution in [3.63, 3.8) is 0 Å². The van der Waals surface area contributed by atoms with Gasteiger partial charge in [-0.3, -0.25) is 4.79 Å². The average molecular weight is 133 g/mol. The second-order valence-electron chi connectivity index (χ2n) is 1.58. The Kier molecular flexibility index (Phi) is 2.63. The molecular formula is C4H7NO4. The lowest BCUT2D eigenvalue weighted by Crippen LogP contribution is -2.20. The van der Waals surface area contributed by atoms with E-state index >= 15 is 0 Å². The number of nitrogens with zero attached hydrogens (tertiary/aromatic N) is 1. The van der Waals surface area contributed by atoms with Gasteiger partial charge >= 0.3 is 0 Å². The molecule has 0 bridgehead atoms. The van der Waals surface area contributed by atoms with Crippen LogP contribution in [0.15, 0.2) is 0 Å². The van der Waals surface area contributed by atoms with E-state index in [2.05, 4.69) is 4.84 Å². The van der Waals surface area contributed by atoms with Gasteiger partial charge in [-0.05, 0) is 13.8 Å². The lowest BCUT2D eigenvalue weighted by Gasteiger charge is -2.01. The number of ketones is 1. The quantitative estimate of drug-likeness (QED) is 0.406. The molecule has 5 heteroatoms. The standard InChI is InChI=1S/C4H7NO4/c1-3(6)4(2)9-5(7)8/h4H,1-2H3. The van der Waals surface area contributed by atoms with Crippen LogP contribution in [-0.4, -0.2) is 17.0 Å². The number of hydrogen-bond acceptors (Lipinski definition) is 4. The van der Waals surface area contributed by atoms with Crippen LogP contribution in [-0.2, 0) is 9.63 Å².